The van der Waals surface area contributed by atoms with Crippen LogP contribution in [0.25, 0.3) is 0 Å². The van der Waals surface area contributed by atoms with Gasteiger partial charge in [-0.25, -0.2) is 0 Å². The van der Waals surface area contributed by atoms with Crippen molar-refractivity contribution in [2.75, 3.05) is 13.6 Å². The Kier molecular flexibility index (Phi) is 4.65. The Morgan fingerprint density at radius 1 is 1.19 bits per heavy atom. The number of benzene rings is 1. The van der Waals surface area contributed by atoms with Crippen LogP contribution in [0.2, 0.25) is 0 Å². The van der Waals surface area contributed by atoms with Gasteiger partial charge in [0.25, 0.3) is 0 Å². The highest BCUT2D eigenvalue weighted by atomic mass is 127. The van der Waals surface area contributed by atoms with Gasteiger partial charge in [0.1, 0.15) is 0 Å². The Hall–Kier alpha value is -0.0900. The van der Waals surface area contributed by atoms with E-state index in [1.165, 1.54) is 41.4 Å². The van der Waals surface area contributed by atoms with E-state index in [9.17, 15) is 0 Å². The largest absolute Gasteiger partial charge is 0.319 e. The SMILES string of the molecule is CNCC1CCCC1Cc1ccc(I)cc1. The minimum atomic E-state index is 0.893. The molecule has 0 saturated heterocycles. The van der Waals surface area contributed by atoms with Crippen LogP contribution < -0.4 is 5.32 Å². The molecule has 1 aliphatic carbocycles. The van der Waals surface area contributed by atoms with Crippen LogP contribution >= 0.6 is 22.6 Å². The van der Waals surface area contributed by atoms with Crippen molar-refractivity contribution in [3.05, 3.63) is 33.4 Å². The molecule has 2 rings (SSSR count). The zero-order chi connectivity index (χ0) is 11.4. The smallest absolute Gasteiger partial charge is 0.0130 e. The third-order valence-corrected chi connectivity index (χ3v) is 4.41. The molecule has 2 heteroatoms. The molecule has 0 aliphatic heterocycles. The Balaban J connectivity index is 1.95. The fourth-order valence-electron chi connectivity index (χ4n) is 2.84. The summed E-state index contributed by atoms with van der Waals surface area (Å²) in [6.07, 6.45) is 5.51. The van der Waals surface area contributed by atoms with E-state index in [2.05, 4.69) is 59.2 Å². The van der Waals surface area contributed by atoms with E-state index < -0.39 is 0 Å². The van der Waals surface area contributed by atoms with Gasteiger partial charge in [-0.1, -0.05) is 18.6 Å². The second-order valence-electron chi connectivity index (χ2n) is 4.84. The van der Waals surface area contributed by atoms with Crippen LogP contribution in [0.3, 0.4) is 0 Å². The quantitative estimate of drug-likeness (QED) is 0.834. The minimum Gasteiger partial charge on any atom is -0.319 e. The van der Waals surface area contributed by atoms with Crippen molar-refractivity contribution in [2.45, 2.75) is 25.7 Å². The summed E-state index contributed by atoms with van der Waals surface area (Å²) >= 11 is 2.37. The first-order valence-corrected chi connectivity index (χ1v) is 7.26. The zero-order valence-corrected chi connectivity index (χ0v) is 12.0. The molecule has 1 aromatic rings. The first-order valence-electron chi connectivity index (χ1n) is 6.18. The molecule has 0 heterocycles. The summed E-state index contributed by atoms with van der Waals surface area (Å²) in [7, 11) is 2.07. The zero-order valence-electron chi connectivity index (χ0n) is 9.88. The van der Waals surface area contributed by atoms with Gasteiger partial charge in [0.05, 0.1) is 0 Å². The predicted molar refractivity (Wildman–Crippen MR) is 77.6 cm³/mol. The third-order valence-electron chi connectivity index (χ3n) is 3.69. The average molecular weight is 329 g/mol. The Labute approximate surface area is 112 Å². The molecule has 0 spiro atoms. The third kappa shape index (κ3) is 3.20. The maximum absolute atomic E-state index is 3.33. The van der Waals surface area contributed by atoms with E-state index in [0.717, 1.165) is 11.8 Å². The molecule has 1 fully saturated rings. The molecule has 2 atom stereocenters. The lowest BCUT2D eigenvalue weighted by Crippen LogP contribution is -2.23. The van der Waals surface area contributed by atoms with Crippen molar-refractivity contribution in [3.63, 3.8) is 0 Å². The Morgan fingerprint density at radius 3 is 2.56 bits per heavy atom. The van der Waals surface area contributed by atoms with E-state index in [4.69, 9.17) is 0 Å². The molecule has 0 amide bonds. The number of hydrogen-bond acceptors (Lipinski definition) is 1. The summed E-state index contributed by atoms with van der Waals surface area (Å²) in [5.41, 5.74) is 1.51. The van der Waals surface area contributed by atoms with Crippen molar-refractivity contribution in [1.29, 1.82) is 0 Å². The van der Waals surface area contributed by atoms with E-state index in [0.29, 0.717) is 0 Å². The van der Waals surface area contributed by atoms with Crippen LogP contribution in [0.4, 0.5) is 0 Å². The monoisotopic (exact) mass is 329 g/mol. The molecule has 0 radical (unpaired) electrons. The standard InChI is InChI=1S/C14H20IN/c1-16-10-13-4-2-3-12(13)9-11-5-7-14(15)8-6-11/h5-8,12-13,16H,2-4,9-10H2,1H3. The highest BCUT2D eigenvalue weighted by Gasteiger charge is 2.26. The van der Waals surface area contributed by atoms with Crippen molar-refractivity contribution in [1.82, 2.24) is 5.32 Å². The summed E-state index contributed by atoms with van der Waals surface area (Å²) in [5.74, 6) is 1.79. The molecule has 1 aliphatic rings. The van der Waals surface area contributed by atoms with Crippen LogP contribution in [0, 0.1) is 15.4 Å². The Bertz CT molecular complexity index is 320. The molecule has 1 nitrogen and oxygen atoms in total. The number of halogens is 1. The van der Waals surface area contributed by atoms with E-state index >= 15 is 0 Å². The number of nitrogens with one attached hydrogen (secondary N) is 1. The van der Waals surface area contributed by atoms with E-state index in [1.54, 1.807) is 0 Å². The lowest BCUT2D eigenvalue weighted by Gasteiger charge is -2.19. The minimum absolute atomic E-state index is 0.893. The van der Waals surface area contributed by atoms with Crippen molar-refractivity contribution < 1.29 is 0 Å². The van der Waals surface area contributed by atoms with Crippen molar-refractivity contribution in [3.8, 4) is 0 Å². The summed E-state index contributed by atoms with van der Waals surface area (Å²) < 4.78 is 1.33. The number of hydrogen-bond donors (Lipinski definition) is 1. The van der Waals surface area contributed by atoms with Gasteiger partial charge in [-0.15, -0.1) is 0 Å². The normalized spacial score (nSPS) is 24.9. The molecular weight excluding hydrogens is 309 g/mol. The predicted octanol–water partition coefficient (Wildman–Crippen LogP) is 3.47. The van der Waals surface area contributed by atoms with Gasteiger partial charge < -0.3 is 5.32 Å². The van der Waals surface area contributed by atoms with Gasteiger partial charge in [-0.05, 0) is 85.0 Å². The highest BCUT2D eigenvalue weighted by molar-refractivity contribution is 14.1. The first kappa shape index (κ1) is 12.4. The summed E-state index contributed by atoms with van der Waals surface area (Å²) in [5, 5.41) is 3.33. The van der Waals surface area contributed by atoms with Crippen LogP contribution in [0.1, 0.15) is 24.8 Å². The summed E-state index contributed by atoms with van der Waals surface area (Å²) in [4.78, 5) is 0. The van der Waals surface area contributed by atoms with E-state index in [-0.39, 0.29) is 0 Å². The molecule has 2 unspecified atom stereocenters. The highest BCUT2D eigenvalue weighted by Crippen LogP contribution is 2.33. The molecule has 1 aromatic carbocycles. The van der Waals surface area contributed by atoms with Gasteiger partial charge in [-0.2, -0.15) is 0 Å². The molecule has 1 N–H and O–H groups in total. The van der Waals surface area contributed by atoms with Crippen molar-refractivity contribution >= 4 is 22.6 Å². The molecule has 16 heavy (non-hydrogen) atoms. The van der Waals surface area contributed by atoms with Gasteiger partial charge in [-0.3, -0.25) is 0 Å². The fourth-order valence-corrected chi connectivity index (χ4v) is 3.20. The van der Waals surface area contributed by atoms with Gasteiger partial charge in [0, 0.05) is 3.57 Å². The fraction of sp³-hybridized carbons (Fsp3) is 0.571. The molecule has 88 valence electrons. The molecule has 0 bridgehead atoms. The maximum atomic E-state index is 3.33. The van der Waals surface area contributed by atoms with Gasteiger partial charge in [0.15, 0.2) is 0 Å². The molecule has 1 saturated carbocycles. The second-order valence-corrected chi connectivity index (χ2v) is 6.08. The molecule has 0 aromatic heterocycles. The van der Waals surface area contributed by atoms with Crippen LogP contribution in [0.5, 0.6) is 0 Å². The van der Waals surface area contributed by atoms with Crippen LogP contribution in [0.15, 0.2) is 24.3 Å². The lowest BCUT2D eigenvalue weighted by atomic mass is 9.89. The van der Waals surface area contributed by atoms with Crippen LogP contribution in [-0.4, -0.2) is 13.6 Å². The maximum Gasteiger partial charge on any atom is 0.0130 e. The van der Waals surface area contributed by atoms with Gasteiger partial charge in [0.2, 0.25) is 0 Å². The van der Waals surface area contributed by atoms with E-state index in [1.807, 2.05) is 0 Å². The topological polar surface area (TPSA) is 12.0 Å². The summed E-state index contributed by atoms with van der Waals surface area (Å²) in [6, 6.07) is 9.02. The molecular formula is C14H20IN. The first-order chi connectivity index (χ1) is 7.79. The number of rotatable bonds is 4. The van der Waals surface area contributed by atoms with Crippen molar-refractivity contribution in [2.24, 2.45) is 11.8 Å². The van der Waals surface area contributed by atoms with Gasteiger partial charge >= 0.3 is 0 Å². The van der Waals surface area contributed by atoms with Crippen LogP contribution in [-0.2, 0) is 6.42 Å². The Morgan fingerprint density at radius 2 is 1.88 bits per heavy atom. The average Bonchev–Trinajstić information content (AvgIpc) is 2.70. The lowest BCUT2D eigenvalue weighted by molar-refractivity contribution is 0.374. The summed E-state index contributed by atoms with van der Waals surface area (Å²) in [6.45, 7) is 1.19. The second kappa shape index (κ2) is 6.01.